The Hall–Kier alpha value is -3.21. The number of rotatable bonds is 5. The van der Waals surface area contributed by atoms with E-state index in [2.05, 4.69) is 16.3 Å². The lowest BCUT2D eigenvalue weighted by Gasteiger charge is -2.04. The zero-order valence-corrected chi connectivity index (χ0v) is 15.1. The minimum atomic E-state index is -2.85. The van der Waals surface area contributed by atoms with Crippen LogP contribution in [-0.2, 0) is 0 Å². The average molecular weight is 367 g/mol. The number of furan rings is 1. The summed E-state index contributed by atoms with van der Waals surface area (Å²) in [5, 5.41) is 0.729. The van der Waals surface area contributed by atoms with Gasteiger partial charge in [0.05, 0.1) is 0 Å². The van der Waals surface area contributed by atoms with E-state index in [-0.39, 0.29) is 5.75 Å². The van der Waals surface area contributed by atoms with Gasteiger partial charge in [0.25, 0.3) is 0 Å². The molecule has 27 heavy (non-hydrogen) atoms. The summed E-state index contributed by atoms with van der Waals surface area (Å²) >= 11 is 0. The molecule has 0 saturated heterocycles. The molecule has 1 aromatic carbocycles. The van der Waals surface area contributed by atoms with Gasteiger partial charge in [-0.15, -0.1) is 0 Å². The van der Waals surface area contributed by atoms with Gasteiger partial charge in [-0.3, -0.25) is 4.98 Å². The number of alkyl halides is 2. The van der Waals surface area contributed by atoms with E-state index in [0.29, 0.717) is 11.2 Å². The Morgan fingerprint density at radius 3 is 2.56 bits per heavy atom. The lowest BCUT2D eigenvalue weighted by molar-refractivity contribution is -0.0498. The minimum Gasteiger partial charge on any atom is -0.455 e. The highest BCUT2D eigenvalue weighted by molar-refractivity contribution is 5.73. The Balaban J connectivity index is 2.09. The van der Waals surface area contributed by atoms with Crippen molar-refractivity contribution in [3.05, 3.63) is 82.7 Å². The summed E-state index contributed by atoms with van der Waals surface area (Å²) in [6.07, 6.45) is 7.45. The van der Waals surface area contributed by atoms with Crippen LogP contribution in [0.15, 0.2) is 65.4 Å². The fourth-order valence-corrected chi connectivity index (χ4v) is 2.77. The van der Waals surface area contributed by atoms with Crippen LogP contribution in [0.4, 0.5) is 8.78 Å². The van der Waals surface area contributed by atoms with Crippen molar-refractivity contribution in [3.63, 3.8) is 0 Å². The van der Waals surface area contributed by atoms with Crippen molar-refractivity contribution in [2.75, 3.05) is 0 Å². The van der Waals surface area contributed by atoms with E-state index in [1.165, 1.54) is 12.1 Å². The van der Waals surface area contributed by atoms with Crippen molar-refractivity contribution in [1.29, 1.82) is 0 Å². The van der Waals surface area contributed by atoms with E-state index < -0.39 is 6.61 Å². The summed E-state index contributed by atoms with van der Waals surface area (Å²) in [7, 11) is 0. The Labute approximate surface area is 155 Å². The molecule has 3 nitrogen and oxygen atoms in total. The number of pyridine rings is 1. The van der Waals surface area contributed by atoms with E-state index in [9.17, 15) is 8.78 Å². The molecule has 3 aromatic rings. The van der Waals surface area contributed by atoms with Gasteiger partial charge in [0.2, 0.25) is 0 Å². The molecule has 0 aliphatic rings. The third kappa shape index (κ3) is 4.31. The van der Waals surface area contributed by atoms with Crippen LogP contribution in [0.2, 0.25) is 0 Å². The van der Waals surface area contributed by atoms with E-state index in [1.807, 2.05) is 38.1 Å². The van der Waals surface area contributed by atoms with Gasteiger partial charge in [0.1, 0.15) is 16.9 Å². The Bertz CT molecular complexity index is 1070. The molecule has 138 valence electrons. The Morgan fingerprint density at radius 2 is 1.93 bits per heavy atom. The van der Waals surface area contributed by atoms with Crippen molar-refractivity contribution in [3.8, 4) is 17.1 Å². The number of allylic oxidation sites excluding steroid dienone is 2. The predicted molar refractivity (Wildman–Crippen MR) is 102 cm³/mol. The van der Waals surface area contributed by atoms with Crippen molar-refractivity contribution in [2.24, 2.45) is 0 Å². The number of benzene rings is 1. The monoisotopic (exact) mass is 367 g/mol. The second kappa shape index (κ2) is 7.99. The van der Waals surface area contributed by atoms with Gasteiger partial charge in [0.15, 0.2) is 0 Å². The minimum absolute atomic E-state index is 0.0994. The zero-order valence-electron chi connectivity index (χ0n) is 15.1. The third-order valence-electron chi connectivity index (χ3n) is 3.94. The highest BCUT2D eigenvalue weighted by Crippen LogP contribution is 2.22. The second-order valence-corrected chi connectivity index (χ2v) is 6.03. The van der Waals surface area contributed by atoms with Crippen LogP contribution in [0, 0.1) is 6.92 Å². The molecule has 3 rings (SSSR count). The number of ether oxygens (including phenoxy) is 1. The van der Waals surface area contributed by atoms with Crippen LogP contribution in [0.5, 0.6) is 5.75 Å². The molecule has 0 fully saturated rings. The normalized spacial score (nSPS) is 12.6. The number of hydrogen-bond acceptors (Lipinski definition) is 3. The molecule has 0 saturated carbocycles. The van der Waals surface area contributed by atoms with Gasteiger partial charge in [-0.25, -0.2) is 0 Å². The molecule has 2 heterocycles. The first-order valence-electron chi connectivity index (χ1n) is 8.41. The lowest BCUT2D eigenvalue weighted by Crippen LogP contribution is -2.20. The summed E-state index contributed by atoms with van der Waals surface area (Å²) in [5.74, 6) is 0.698. The molecule has 0 unspecified atom stereocenters. The maximum atomic E-state index is 12.3. The van der Waals surface area contributed by atoms with Crippen molar-refractivity contribution < 1.29 is 17.9 Å². The molecule has 0 amide bonds. The number of aromatic nitrogens is 1. The fourth-order valence-electron chi connectivity index (χ4n) is 2.77. The smallest absolute Gasteiger partial charge is 0.387 e. The quantitative estimate of drug-likeness (QED) is 0.669. The van der Waals surface area contributed by atoms with E-state index in [4.69, 9.17) is 4.42 Å². The van der Waals surface area contributed by atoms with Crippen molar-refractivity contribution in [2.45, 2.75) is 20.5 Å². The number of halogens is 2. The molecule has 0 radical (unpaired) electrons. The van der Waals surface area contributed by atoms with Crippen molar-refractivity contribution in [1.82, 2.24) is 4.98 Å². The van der Waals surface area contributed by atoms with E-state index >= 15 is 0 Å². The first kappa shape index (κ1) is 18.6. The van der Waals surface area contributed by atoms with Crippen LogP contribution in [0.1, 0.15) is 18.1 Å². The predicted octanol–water partition coefficient (Wildman–Crippen LogP) is 4.44. The standard InChI is InChI=1S/C22H19F2NO2/c1-4-5-19(17-10-14(2)12-25-13-17)21-15(3)11-20(27-21)16-6-8-18(9-7-16)26-22(23)24/h4-13,22H,3H2,1-2H3/b5-4-,21-19-. The van der Waals surface area contributed by atoms with Gasteiger partial charge in [-0.2, -0.15) is 8.78 Å². The molecule has 0 aliphatic heterocycles. The second-order valence-electron chi connectivity index (χ2n) is 6.03. The van der Waals surface area contributed by atoms with E-state index in [0.717, 1.165) is 27.5 Å². The number of hydrogen-bond donors (Lipinski definition) is 0. The average Bonchev–Trinajstić information content (AvgIpc) is 3.01. The molecule has 0 N–H and O–H groups in total. The summed E-state index contributed by atoms with van der Waals surface area (Å²) < 4.78 is 35.0. The van der Waals surface area contributed by atoms with Crippen LogP contribution in [-0.4, -0.2) is 11.6 Å². The van der Waals surface area contributed by atoms with Crippen LogP contribution in [0.3, 0.4) is 0 Å². The Kier molecular flexibility index (Phi) is 5.50. The molecule has 2 aromatic heterocycles. The highest BCUT2D eigenvalue weighted by Gasteiger charge is 2.09. The van der Waals surface area contributed by atoms with Crippen LogP contribution >= 0.6 is 0 Å². The summed E-state index contributed by atoms with van der Waals surface area (Å²) in [6.45, 7) is 5.14. The van der Waals surface area contributed by atoms with Gasteiger partial charge in [-0.1, -0.05) is 18.7 Å². The molecule has 0 aliphatic carbocycles. The number of aryl methyl sites for hydroxylation is 1. The lowest BCUT2D eigenvalue weighted by atomic mass is 10.1. The third-order valence-corrected chi connectivity index (χ3v) is 3.94. The molecule has 0 spiro atoms. The fraction of sp³-hybridized carbons (Fsp3) is 0.136. The van der Waals surface area contributed by atoms with Gasteiger partial charge in [0, 0.05) is 34.3 Å². The summed E-state index contributed by atoms with van der Waals surface area (Å²) in [4.78, 5) is 4.25. The summed E-state index contributed by atoms with van der Waals surface area (Å²) in [6, 6.07) is 10.2. The van der Waals surface area contributed by atoms with Gasteiger partial charge in [-0.05, 0) is 55.8 Å². The SMILES string of the molecule is C=c1cc(-c2ccc(OC(F)F)cc2)o/c1=C(/C=C\C)c1cncc(C)c1. The largest absolute Gasteiger partial charge is 0.455 e. The molecular weight excluding hydrogens is 348 g/mol. The van der Waals surface area contributed by atoms with Gasteiger partial charge >= 0.3 is 6.61 Å². The van der Waals surface area contributed by atoms with E-state index in [1.54, 1.807) is 24.5 Å². The molecular formula is C22H19F2NO2. The molecule has 0 atom stereocenters. The molecule has 0 bridgehead atoms. The maximum Gasteiger partial charge on any atom is 0.387 e. The Morgan fingerprint density at radius 1 is 1.19 bits per heavy atom. The zero-order chi connectivity index (χ0) is 19.4. The van der Waals surface area contributed by atoms with Crippen LogP contribution in [0.25, 0.3) is 23.5 Å². The first-order valence-corrected chi connectivity index (χ1v) is 8.41. The number of nitrogens with zero attached hydrogens (tertiary/aromatic N) is 1. The maximum absolute atomic E-state index is 12.3. The van der Waals surface area contributed by atoms with Gasteiger partial charge < -0.3 is 9.15 Å². The van der Waals surface area contributed by atoms with Crippen molar-refractivity contribution >= 4 is 12.2 Å². The highest BCUT2D eigenvalue weighted by atomic mass is 19.3. The molecule has 5 heteroatoms. The topological polar surface area (TPSA) is 35.3 Å². The summed E-state index contributed by atoms with van der Waals surface area (Å²) in [5.41, 5.74) is 4.24. The first-order chi connectivity index (χ1) is 13.0. The van der Waals surface area contributed by atoms with Crippen LogP contribution < -0.4 is 15.4 Å².